The fraction of sp³-hybridized carbons (Fsp3) is 0.438. The average Bonchev–Trinajstić information content (AvgIpc) is 3.23. The van der Waals surface area contributed by atoms with Gasteiger partial charge in [-0.05, 0) is 12.0 Å². The van der Waals surface area contributed by atoms with Gasteiger partial charge in [-0.25, -0.2) is 0 Å². The second-order valence-corrected chi connectivity index (χ2v) is 5.91. The van der Waals surface area contributed by atoms with Crippen LogP contribution in [0.2, 0.25) is 0 Å². The molecule has 1 aromatic carbocycles. The number of rotatable bonds is 10. The van der Waals surface area contributed by atoms with E-state index in [-0.39, 0.29) is 12.4 Å². The third kappa shape index (κ3) is 5.81. The fourth-order valence-corrected chi connectivity index (χ4v) is 2.54. The summed E-state index contributed by atoms with van der Waals surface area (Å²) in [6, 6.07) is 7.89. The molecule has 0 fully saturated rings. The van der Waals surface area contributed by atoms with Gasteiger partial charge in [0.05, 0.1) is 12.6 Å². The second kappa shape index (κ2) is 10.3. The van der Waals surface area contributed by atoms with E-state index in [0.717, 1.165) is 12.0 Å². The molecule has 0 bridgehead atoms. The van der Waals surface area contributed by atoms with Crippen molar-refractivity contribution >= 4 is 11.8 Å². The Morgan fingerprint density at radius 2 is 2.04 bits per heavy atom. The highest BCUT2D eigenvalue weighted by Crippen LogP contribution is 2.17. The first-order valence-electron chi connectivity index (χ1n) is 8.56. The summed E-state index contributed by atoms with van der Waals surface area (Å²) in [4.78, 5) is 24.3. The largest absolute Gasteiger partial charge is 0.382 e. The van der Waals surface area contributed by atoms with Crippen LogP contribution < -0.4 is 21.9 Å². The van der Waals surface area contributed by atoms with E-state index < -0.39 is 30.0 Å². The fourth-order valence-electron chi connectivity index (χ4n) is 2.54. The van der Waals surface area contributed by atoms with Crippen molar-refractivity contribution in [3.63, 3.8) is 0 Å². The van der Waals surface area contributed by atoms with E-state index >= 15 is 0 Å². The monoisotopic (exact) mass is 376 g/mol. The molecule has 2 aromatic rings. The van der Waals surface area contributed by atoms with Gasteiger partial charge >= 0.3 is 0 Å². The number of hydrazine groups is 1. The predicted molar refractivity (Wildman–Crippen MR) is 95.6 cm³/mol. The lowest BCUT2D eigenvalue weighted by Crippen LogP contribution is -2.52. The van der Waals surface area contributed by atoms with Gasteiger partial charge in [-0.2, -0.15) is 5.21 Å². The molecule has 11 nitrogen and oxygen atoms in total. The van der Waals surface area contributed by atoms with Crippen molar-refractivity contribution in [2.45, 2.75) is 38.0 Å². The van der Waals surface area contributed by atoms with E-state index in [1.165, 1.54) is 0 Å². The number of aromatic nitrogens is 4. The summed E-state index contributed by atoms with van der Waals surface area (Å²) in [7, 11) is 0. The van der Waals surface area contributed by atoms with Gasteiger partial charge in [0.2, 0.25) is 11.7 Å². The highest BCUT2D eigenvalue weighted by molar-refractivity contribution is 5.87. The topological polar surface area (TPSA) is 171 Å². The number of aromatic amines is 1. The maximum atomic E-state index is 12.3. The van der Waals surface area contributed by atoms with Gasteiger partial charge in [-0.3, -0.25) is 20.9 Å². The number of nitrogens with one attached hydrogen (secondary N) is 4. The molecular weight excluding hydrogens is 352 g/mol. The summed E-state index contributed by atoms with van der Waals surface area (Å²) in [6.07, 6.45) is -0.0983. The standard InChI is InChI=1S/C16H24N8O3/c1-2-6-11(20-17)14(26)16(27)18-9-12(25)19-13(15-21-23-24-22-15)10-7-4-3-5-8-10/h3-5,7-8,11,13-14,20,26H,2,6,9,17H2,1H3,(H,18,27)(H,19,25)(H,21,22,23,24). The molecule has 146 valence electrons. The van der Waals surface area contributed by atoms with Gasteiger partial charge in [0.25, 0.3) is 5.91 Å². The maximum Gasteiger partial charge on any atom is 0.250 e. The number of hydrogen-bond donors (Lipinski definition) is 6. The van der Waals surface area contributed by atoms with Gasteiger partial charge < -0.3 is 15.7 Å². The van der Waals surface area contributed by atoms with Gasteiger partial charge in [0.1, 0.15) is 12.1 Å². The lowest BCUT2D eigenvalue weighted by Gasteiger charge is -2.21. The molecule has 27 heavy (non-hydrogen) atoms. The molecule has 11 heteroatoms. The van der Waals surface area contributed by atoms with E-state index in [1.807, 2.05) is 37.3 Å². The van der Waals surface area contributed by atoms with Crippen LogP contribution in [0, 0.1) is 0 Å². The van der Waals surface area contributed by atoms with E-state index in [4.69, 9.17) is 5.84 Å². The predicted octanol–water partition coefficient (Wildman–Crippen LogP) is -1.49. The Bertz CT molecular complexity index is 710. The lowest BCUT2D eigenvalue weighted by atomic mass is 10.1. The number of tetrazole rings is 1. The number of hydrogen-bond acceptors (Lipinski definition) is 8. The molecule has 0 aliphatic carbocycles. The van der Waals surface area contributed by atoms with Crippen LogP contribution in [0.1, 0.15) is 37.2 Å². The second-order valence-electron chi connectivity index (χ2n) is 5.91. The van der Waals surface area contributed by atoms with E-state index in [9.17, 15) is 14.7 Å². The van der Waals surface area contributed by atoms with Crippen LogP contribution >= 0.6 is 0 Å². The van der Waals surface area contributed by atoms with Crippen LogP contribution in [0.4, 0.5) is 0 Å². The molecule has 0 saturated carbocycles. The first-order chi connectivity index (χ1) is 13.1. The van der Waals surface area contributed by atoms with Crippen LogP contribution in [0.25, 0.3) is 0 Å². The van der Waals surface area contributed by atoms with Gasteiger partial charge in [0, 0.05) is 0 Å². The number of aliphatic hydroxyl groups excluding tert-OH is 1. The van der Waals surface area contributed by atoms with E-state index in [1.54, 1.807) is 0 Å². The Morgan fingerprint density at radius 1 is 1.30 bits per heavy atom. The number of nitrogens with two attached hydrogens (primary N) is 1. The van der Waals surface area contributed by atoms with Crippen molar-refractivity contribution in [3.8, 4) is 0 Å². The molecule has 7 N–H and O–H groups in total. The number of aliphatic hydroxyl groups is 1. The van der Waals surface area contributed by atoms with Crippen molar-refractivity contribution in [2.75, 3.05) is 6.54 Å². The smallest absolute Gasteiger partial charge is 0.250 e. The molecular formula is C16H24N8O3. The number of H-pyrrole nitrogens is 1. The Morgan fingerprint density at radius 3 is 2.63 bits per heavy atom. The van der Waals surface area contributed by atoms with E-state index in [0.29, 0.717) is 6.42 Å². The van der Waals surface area contributed by atoms with Crippen LogP contribution in [-0.4, -0.2) is 56.2 Å². The minimum absolute atomic E-state index is 0.288. The summed E-state index contributed by atoms with van der Waals surface area (Å²) in [5, 5.41) is 28.8. The zero-order chi connectivity index (χ0) is 19.6. The lowest BCUT2D eigenvalue weighted by molar-refractivity contribution is -0.133. The number of carbonyl (C=O) groups excluding carboxylic acids is 2. The summed E-state index contributed by atoms with van der Waals surface area (Å²) in [6.45, 7) is 1.59. The van der Waals surface area contributed by atoms with Gasteiger partial charge in [0.15, 0.2) is 0 Å². The Hall–Kier alpha value is -2.89. The summed E-state index contributed by atoms with van der Waals surface area (Å²) in [5.74, 6) is 4.48. The quantitative estimate of drug-likeness (QED) is 0.215. The first kappa shape index (κ1) is 20.4. The minimum Gasteiger partial charge on any atom is -0.382 e. The van der Waals surface area contributed by atoms with Crippen molar-refractivity contribution < 1.29 is 14.7 Å². The normalized spacial score (nSPS) is 14.2. The number of benzene rings is 1. The molecule has 0 radical (unpaired) electrons. The molecule has 3 atom stereocenters. The molecule has 2 amide bonds. The van der Waals surface area contributed by atoms with Crippen LogP contribution in [0.3, 0.4) is 0 Å². The molecule has 0 aliphatic heterocycles. The highest BCUT2D eigenvalue weighted by Gasteiger charge is 2.26. The summed E-state index contributed by atoms with van der Waals surface area (Å²) < 4.78 is 0. The SMILES string of the molecule is CCCC(NN)C(O)C(=O)NCC(=O)NC(c1ccccc1)c1nn[nH]n1. The Balaban J connectivity index is 1.95. The maximum absolute atomic E-state index is 12.3. The average molecular weight is 376 g/mol. The van der Waals surface area contributed by atoms with Gasteiger partial charge in [-0.15, -0.1) is 10.2 Å². The summed E-state index contributed by atoms with van der Waals surface area (Å²) in [5.41, 5.74) is 3.16. The number of amides is 2. The molecule has 0 saturated heterocycles. The first-order valence-corrected chi connectivity index (χ1v) is 8.56. The molecule has 0 aliphatic rings. The van der Waals surface area contributed by atoms with Gasteiger partial charge in [-0.1, -0.05) is 48.9 Å². The van der Waals surface area contributed by atoms with Crippen LogP contribution in [-0.2, 0) is 9.59 Å². The van der Waals surface area contributed by atoms with Crippen molar-refractivity contribution in [3.05, 3.63) is 41.7 Å². The minimum atomic E-state index is -1.36. The van der Waals surface area contributed by atoms with E-state index in [2.05, 4.69) is 36.7 Å². The number of carbonyl (C=O) groups is 2. The van der Waals surface area contributed by atoms with Crippen LogP contribution in [0.15, 0.2) is 30.3 Å². The molecule has 1 heterocycles. The molecule has 1 aromatic heterocycles. The number of nitrogens with zero attached hydrogens (tertiary/aromatic N) is 3. The third-order valence-electron chi connectivity index (χ3n) is 3.94. The summed E-state index contributed by atoms with van der Waals surface area (Å²) >= 11 is 0. The third-order valence-corrected chi connectivity index (χ3v) is 3.94. The van der Waals surface area contributed by atoms with Crippen molar-refractivity contribution in [1.29, 1.82) is 0 Å². The zero-order valence-corrected chi connectivity index (χ0v) is 14.9. The Labute approximate surface area is 156 Å². The van der Waals surface area contributed by atoms with Crippen LogP contribution in [0.5, 0.6) is 0 Å². The van der Waals surface area contributed by atoms with Crippen molar-refractivity contribution in [2.24, 2.45) is 5.84 Å². The molecule has 2 rings (SSSR count). The molecule has 0 spiro atoms. The zero-order valence-electron chi connectivity index (χ0n) is 14.9. The Kier molecular flexibility index (Phi) is 7.79. The van der Waals surface area contributed by atoms with Crippen molar-refractivity contribution in [1.82, 2.24) is 36.7 Å². The highest BCUT2D eigenvalue weighted by atomic mass is 16.3. The molecule has 3 unspecified atom stereocenters.